The lowest BCUT2D eigenvalue weighted by Gasteiger charge is -2.31. The Morgan fingerprint density at radius 3 is 2.74 bits per heavy atom. The van der Waals surface area contributed by atoms with Crippen molar-refractivity contribution in [3.05, 3.63) is 34.3 Å². The molecule has 0 spiro atoms. The molecule has 7 heteroatoms. The van der Waals surface area contributed by atoms with Crippen molar-refractivity contribution in [3.63, 3.8) is 0 Å². The predicted octanol–water partition coefficient (Wildman–Crippen LogP) is 2.96. The number of carbonyl (C=O) groups is 2. The monoisotopic (exact) mass is 379 g/mol. The van der Waals surface area contributed by atoms with Gasteiger partial charge in [0.1, 0.15) is 6.04 Å². The van der Waals surface area contributed by atoms with Crippen LogP contribution in [0.25, 0.3) is 0 Å². The first-order valence-corrected chi connectivity index (χ1v) is 8.25. The number of carboxylic acid groups (broad SMARTS) is 1. The van der Waals surface area contributed by atoms with Crippen LogP contribution >= 0.6 is 15.9 Å². The number of nitriles is 1. The molecule has 3 atom stereocenters. The molecule has 3 unspecified atom stereocenters. The maximum Gasteiger partial charge on any atom is 0.404 e. The summed E-state index contributed by atoms with van der Waals surface area (Å²) < 4.78 is 0.826. The van der Waals surface area contributed by atoms with Crippen molar-refractivity contribution in [1.82, 2.24) is 10.6 Å². The van der Waals surface area contributed by atoms with Gasteiger partial charge in [0.15, 0.2) is 0 Å². The van der Waals surface area contributed by atoms with Gasteiger partial charge in [0.25, 0.3) is 0 Å². The molecule has 2 rings (SSSR count). The van der Waals surface area contributed by atoms with Crippen LogP contribution < -0.4 is 10.6 Å². The quantitative estimate of drug-likeness (QED) is 0.747. The fraction of sp³-hybridized carbons (Fsp3) is 0.438. The summed E-state index contributed by atoms with van der Waals surface area (Å²) in [5, 5.41) is 23.4. The second-order valence-electron chi connectivity index (χ2n) is 5.57. The number of benzene rings is 1. The van der Waals surface area contributed by atoms with Crippen LogP contribution in [0.4, 0.5) is 4.79 Å². The first-order chi connectivity index (χ1) is 11.0. The molecule has 0 heterocycles. The fourth-order valence-electron chi connectivity index (χ4n) is 2.90. The summed E-state index contributed by atoms with van der Waals surface area (Å²) in [5.41, 5.74) is 0.689. The topological polar surface area (TPSA) is 102 Å². The number of nitrogens with zero attached hydrogens (tertiary/aromatic N) is 1. The molecule has 0 saturated heterocycles. The lowest BCUT2D eigenvalue weighted by molar-refractivity contribution is -0.127. The van der Waals surface area contributed by atoms with E-state index < -0.39 is 24.1 Å². The van der Waals surface area contributed by atoms with E-state index in [1.807, 2.05) is 6.07 Å². The van der Waals surface area contributed by atoms with E-state index in [1.54, 1.807) is 18.2 Å². The molecule has 0 aromatic heterocycles. The maximum atomic E-state index is 12.5. The number of amides is 2. The smallest absolute Gasteiger partial charge is 0.404 e. The van der Waals surface area contributed by atoms with E-state index in [9.17, 15) is 14.9 Å². The standard InChI is InChI=1S/C16H18BrN3O3/c17-11-5-3-4-10(8-11)14(9-18)19-15(21)12-6-1-2-7-13(12)20-16(22)23/h3-5,8,12-14,20H,1-2,6-7H2,(H,19,21)(H,22,23). The molecule has 0 radical (unpaired) electrons. The van der Waals surface area contributed by atoms with Crippen molar-refractivity contribution in [2.24, 2.45) is 5.92 Å². The van der Waals surface area contributed by atoms with Crippen LogP contribution in [-0.2, 0) is 4.79 Å². The highest BCUT2D eigenvalue weighted by Gasteiger charge is 2.33. The summed E-state index contributed by atoms with van der Waals surface area (Å²) in [6, 6.07) is 8.11. The van der Waals surface area contributed by atoms with Crippen molar-refractivity contribution in [3.8, 4) is 6.07 Å². The second-order valence-corrected chi connectivity index (χ2v) is 6.49. The summed E-state index contributed by atoms with van der Waals surface area (Å²) in [6.07, 6.45) is 1.90. The Balaban J connectivity index is 2.09. The van der Waals surface area contributed by atoms with Crippen LogP contribution in [0, 0.1) is 17.2 Å². The van der Waals surface area contributed by atoms with Crippen molar-refractivity contribution in [2.45, 2.75) is 37.8 Å². The SMILES string of the molecule is N#CC(NC(=O)C1CCCCC1NC(=O)O)c1cccc(Br)c1. The average molecular weight is 380 g/mol. The van der Waals surface area contributed by atoms with Gasteiger partial charge in [-0.15, -0.1) is 0 Å². The second kappa shape index (κ2) is 7.97. The Bertz CT molecular complexity index is 629. The number of nitrogens with one attached hydrogen (secondary N) is 2. The Hall–Kier alpha value is -2.07. The van der Waals surface area contributed by atoms with Gasteiger partial charge in [-0.05, 0) is 30.5 Å². The number of rotatable bonds is 4. The molecule has 6 nitrogen and oxygen atoms in total. The average Bonchev–Trinajstić information content (AvgIpc) is 2.52. The molecule has 1 aromatic carbocycles. The van der Waals surface area contributed by atoms with E-state index in [0.29, 0.717) is 18.4 Å². The lowest BCUT2D eigenvalue weighted by atomic mass is 9.83. The van der Waals surface area contributed by atoms with Crippen LogP contribution in [0.1, 0.15) is 37.3 Å². The summed E-state index contributed by atoms with van der Waals surface area (Å²) in [4.78, 5) is 23.4. The first-order valence-electron chi connectivity index (χ1n) is 7.46. The molecule has 1 aromatic rings. The summed E-state index contributed by atoms with van der Waals surface area (Å²) >= 11 is 3.34. The van der Waals surface area contributed by atoms with Gasteiger partial charge in [0.2, 0.25) is 5.91 Å². The molecule has 0 bridgehead atoms. The summed E-state index contributed by atoms with van der Waals surface area (Å²) in [6.45, 7) is 0. The van der Waals surface area contributed by atoms with Crippen LogP contribution in [-0.4, -0.2) is 23.1 Å². The zero-order valence-corrected chi connectivity index (χ0v) is 14.0. The van der Waals surface area contributed by atoms with Crippen molar-refractivity contribution in [2.75, 3.05) is 0 Å². The Kier molecular flexibility index (Phi) is 5.99. The highest BCUT2D eigenvalue weighted by Crippen LogP contribution is 2.26. The minimum Gasteiger partial charge on any atom is -0.465 e. The third kappa shape index (κ3) is 4.70. The van der Waals surface area contributed by atoms with Crippen LogP contribution in [0.15, 0.2) is 28.7 Å². The van der Waals surface area contributed by atoms with Crippen LogP contribution in [0.3, 0.4) is 0 Å². The van der Waals surface area contributed by atoms with Crippen LogP contribution in [0.2, 0.25) is 0 Å². The van der Waals surface area contributed by atoms with Crippen molar-refractivity contribution in [1.29, 1.82) is 5.26 Å². The Morgan fingerprint density at radius 1 is 1.35 bits per heavy atom. The van der Waals surface area contributed by atoms with E-state index in [4.69, 9.17) is 5.11 Å². The molecular weight excluding hydrogens is 362 g/mol. The number of carbonyl (C=O) groups excluding carboxylic acids is 1. The van der Waals surface area contributed by atoms with Crippen molar-refractivity contribution >= 4 is 27.9 Å². The van der Waals surface area contributed by atoms with Gasteiger partial charge in [0.05, 0.1) is 12.0 Å². The molecule has 1 aliphatic carbocycles. The maximum absolute atomic E-state index is 12.5. The van der Waals surface area contributed by atoms with Crippen molar-refractivity contribution < 1.29 is 14.7 Å². The molecule has 1 saturated carbocycles. The van der Waals surface area contributed by atoms with Gasteiger partial charge >= 0.3 is 6.09 Å². The highest BCUT2D eigenvalue weighted by molar-refractivity contribution is 9.10. The molecule has 0 aliphatic heterocycles. The molecular formula is C16H18BrN3O3. The zero-order valence-electron chi connectivity index (χ0n) is 12.5. The van der Waals surface area contributed by atoms with E-state index >= 15 is 0 Å². The minimum absolute atomic E-state index is 0.282. The minimum atomic E-state index is -1.13. The third-order valence-corrected chi connectivity index (χ3v) is 4.50. The Labute approximate surface area is 143 Å². The predicted molar refractivity (Wildman–Crippen MR) is 87.5 cm³/mol. The third-order valence-electron chi connectivity index (χ3n) is 4.01. The van der Waals surface area contributed by atoms with Crippen LogP contribution in [0.5, 0.6) is 0 Å². The van der Waals surface area contributed by atoms with Gasteiger partial charge in [-0.2, -0.15) is 5.26 Å². The fourth-order valence-corrected chi connectivity index (χ4v) is 3.32. The Morgan fingerprint density at radius 2 is 2.09 bits per heavy atom. The number of halogens is 1. The van der Waals surface area contributed by atoms with E-state index in [2.05, 4.69) is 32.6 Å². The van der Waals surface area contributed by atoms with Gasteiger partial charge < -0.3 is 15.7 Å². The van der Waals surface area contributed by atoms with Gasteiger partial charge in [-0.25, -0.2) is 4.79 Å². The van der Waals surface area contributed by atoms with E-state index in [0.717, 1.165) is 17.3 Å². The molecule has 122 valence electrons. The largest absolute Gasteiger partial charge is 0.465 e. The molecule has 3 N–H and O–H groups in total. The first kappa shape index (κ1) is 17.3. The molecule has 1 aliphatic rings. The molecule has 1 fully saturated rings. The highest BCUT2D eigenvalue weighted by atomic mass is 79.9. The summed E-state index contributed by atoms with van der Waals surface area (Å²) in [7, 11) is 0. The summed E-state index contributed by atoms with van der Waals surface area (Å²) in [5.74, 6) is -0.724. The van der Waals surface area contributed by atoms with E-state index in [-0.39, 0.29) is 5.91 Å². The number of hydrogen-bond donors (Lipinski definition) is 3. The zero-order chi connectivity index (χ0) is 16.8. The van der Waals surface area contributed by atoms with E-state index in [1.165, 1.54) is 0 Å². The lowest BCUT2D eigenvalue weighted by Crippen LogP contribution is -2.48. The normalized spacial score (nSPS) is 21.7. The molecule has 23 heavy (non-hydrogen) atoms. The van der Waals surface area contributed by atoms with Gasteiger partial charge in [-0.3, -0.25) is 4.79 Å². The van der Waals surface area contributed by atoms with Gasteiger partial charge in [-0.1, -0.05) is 40.9 Å². The van der Waals surface area contributed by atoms with Gasteiger partial charge in [0, 0.05) is 10.5 Å². The number of hydrogen-bond acceptors (Lipinski definition) is 3. The molecule has 2 amide bonds.